The molecule has 1 aromatic carbocycles. The van der Waals surface area contributed by atoms with Gasteiger partial charge in [-0.2, -0.15) is 0 Å². The van der Waals surface area contributed by atoms with Crippen LogP contribution in [-0.4, -0.2) is 72.9 Å². The third-order valence-corrected chi connectivity index (χ3v) is 7.18. The van der Waals surface area contributed by atoms with Crippen molar-refractivity contribution in [2.24, 2.45) is 5.41 Å². The molecule has 1 fully saturated rings. The van der Waals surface area contributed by atoms with Gasteiger partial charge in [0, 0.05) is 23.4 Å². The molecule has 1 aromatic heterocycles. The number of esters is 1. The maximum atomic E-state index is 13.8. The second kappa shape index (κ2) is 12.1. The van der Waals surface area contributed by atoms with E-state index in [0.29, 0.717) is 18.9 Å². The van der Waals surface area contributed by atoms with E-state index in [2.05, 4.69) is 16.4 Å². The minimum Gasteiger partial charge on any atom is -0.493 e. The van der Waals surface area contributed by atoms with Crippen molar-refractivity contribution in [2.45, 2.75) is 78.0 Å². The maximum Gasteiger partial charge on any atom is 0.407 e. The molecule has 3 atom stereocenters. The van der Waals surface area contributed by atoms with Crippen molar-refractivity contribution in [3.8, 4) is 11.6 Å². The van der Waals surface area contributed by atoms with Crippen molar-refractivity contribution >= 4 is 28.7 Å². The molecule has 4 bridgehead atoms. The first-order valence-corrected chi connectivity index (χ1v) is 13.6. The highest BCUT2D eigenvalue weighted by atomic mass is 16.5. The second-order valence-electron chi connectivity index (χ2n) is 11.1. The van der Waals surface area contributed by atoms with Gasteiger partial charge < -0.3 is 29.2 Å². The predicted molar refractivity (Wildman–Crippen MR) is 145 cm³/mol. The molecule has 2 aromatic rings. The summed E-state index contributed by atoms with van der Waals surface area (Å²) in [7, 11) is 1.29. The van der Waals surface area contributed by atoms with Gasteiger partial charge in [-0.1, -0.05) is 20.8 Å². The molecule has 10 nitrogen and oxygen atoms in total. The zero-order chi connectivity index (χ0) is 28.2. The zero-order valence-corrected chi connectivity index (χ0v) is 23.5. The van der Waals surface area contributed by atoms with Crippen LogP contribution < -0.4 is 14.8 Å². The molecule has 10 heteroatoms. The first-order chi connectivity index (χ1) is 18.6. The van der Waals surface area contributed by atoms with E-state index in [1.54, 1.807) is 6.20 Å². The number of ether oxygens (including phenoxy) is 4. The summed E-state index contributed by atoms with van der Waals surface area (Å²) in [5.41, 5.74) is 0.451. The third kappa shape index (κ3) is 6.54. The fourth-order valence-corrected chi connectivity index (χ4v) is 5.19. The summed E-state index contributed by atoms with van der Waals surface area (Å²) in [5, 5.41) is 4.45. The summed E-state index contributed by atoms with van der Waals surface area (Å²) in [6, 6.07) is 4.24. The normalized spacial score (nSPS) is 22.9. The molecule has 0 unspecified atom stereocenters. The highest BCUT2D eigenvalue weighted by Gasteiger charge is 2.46. The van der Waals surface area contributed by atoms with Crippen molar-refractivity contribution in [2.75, 3.05) is 26.9 Å². The van der Waals surface area contributed by atoms with Crippen LogP contribution in [0.4, 0.5) is 4.79 Å². The molecule has 0 radical (unpaired) electrons. The molecule has 1 saturated heterocycles. The summed E-state index contributed by atoms with van der Waals surface area (Å²) in [6.07, 6.45) is 4.02. The quantitative estimate of drug-likeness (QED) is 0.579. The Morgan fingerprint density at radius 3 is 2.69 bits per heavy atom. The first kappa shape index (κ1) is 28.4. The number of benzene rings is 1. The molecule has 1 N–H and O–H groups in total. The van der Waals surface area contributed by atoms with Gasteiger partial charge >= 0.3 is 12.1 Å². The minimum absolute atomic E-state index is 0.137. The fraction of sp³-hybridized carbons (Fsp3) is 0.586. The first-order valence-electron chi connectivity index (χ1n) is 13.6. The molecule has 212 valence electrons. The predicted octanol–water partition coefficient (Wildman–Crippen LogP) is 4.02. The lowest BCUT2D eigenvalue weighted by atomic mass is 9.85. The minimum atomic E-state index is -0.915. The van der Waals surface area contributed by atoms with Gasteiger partial charge in [0.15, 0.2) is 0 Å². The number of amides is 2. The van der Waals surface area contributed by atoms with Crippen LogP contribution in [0, 0.1) is 5.41 Å². The summed E-state index contributed by atoms with van der Waals surface area (Å²) in [6.45, 7) is 8.41. The molecule has 39 heavy (non-hydrogen) atoms. The van der Waals surface area contributed by atoms with Gasteiger partial charge in [0.05, 0.1) is 26.9 Å². The van der Waals surface area contributed by atoms with Gasteiger partial charge in [0.2, 0.25) is 11.8 Å². The molecule has 2 amide bonds. The Hall–Kier alpha value is -3.56. The summed E-state index contributed by atoms with van der Waals surface area (Å²) < 4.78 is 22.8. The number of hydrogen-bond acceptors (Lipinski definition) is 8. The van der Waals surface area contributed by atoms with Crippen LogP contribution in [0.5, 0.6) is 11.6 Å². The Balaban J connectivity index is 1.74. The van der Waals surface area contributed by atoms with E-state index in [9.17, 15) is 14.4 Å². The maximum absolute atomic E-state index is 13.8. The Kier molecular flexibility index (Phi) is 8.82. The van der Waals surface area contributed by atoms with Crippen LogP contribution in [0.15, 0.2) is 24.4 Å². The van der Waals surface area contributed by atoms with Crippen LogP contribution >= 0.6 is 0 Å². The number of aromatic nitrogens is 1. The van der Waals surface area contributed by atoms with Crippen LogP contribution in [-0.2, 0) is 25.5 Å². The highest BCUT2D eigenvalue weighted by Crippen LogP contribution is 2.35. The van der Waals surface area contributed by atoms with E-state index < -0.39 is 41.6 Å². The summed E-state index contributed by atoms with van der Waals surface area (Å²) in [5.74, 6) is 0.250. The average molecular weight is 542 g/mol. The number of methoxy groups -OCH3 is 1. The van der Waals surface area contributed by atoms with Crippen molar-refractivity contribution in [1.82, 2.24) is 15.2 Å². The number of pyridine rings is 1. The number of carbonyl (C=O) groups excluding carboxylic acids is 3. The van der Waals surface area contributed by atoms with Crippen molar-refractivity contribution in [3.05, 3.63) is 30.0 Å². The average Bonchev–Trinajstić information content (AvgIpc) is 3.31. The number of nitrogens with zero attached hydrogens (tertiary/aromatic N) is 2. The number of carbonyl (C=O) groups is 3. The van der Waals surface area contributed by atoms with Gasteiger partial charge in [-0.15, -0.1) is 0 Å². The monoisotopic (exact) mass is 541 g/mol. The standard InChI is InChI=1S/C29H39N3O7/c1-6-37-23-15-18-10-8-7-9-13-38-28(35)31-24(29(2,3)4)26(33)32-17-19(16-22(32)27(34)36-5)39-25-21(14-18)20(23)11-12-30-25/h11-12,14-15,19,22,24H,6-10,13,16-17H2,1-5H3,(H,31,35)/t19-,22+,24-/m1/s1. The van der Waals surface area contributed by atoms with E-state index in [0.717, 1.165) is 41.3 Å². The Morgan fingerprint density at radius 1 is 1.18 bits per heavy atom. The number of cyclic esters (lactones) is 1. The molecule has 2 aliphatic heterocycles. The van der Waals surface area contributed by atoms with Gasteiger partial charge in [-0.3, -0.25) is 4.79 Å². The second-order valence-corrected chi connectivity index (χ2v) is 11.1. The van der Waals surface area contributed by atoms with E-state index in [1.165, 1.54) is 12.0 Å². The van der Waals surface area contributed by atoms with Gasteiger partial charge in [-0.05, 0) is 61.8 Å². The van der Waals surface area contributed by atoms with Gasteiger partial charge in [-0.25, -0.2) is 14.6 Å². The van der Waals surface area contributed by atoms with Crippen LogP contribution in [0.3, 0.4) is 0 Å². The Morgan fingerprint density at radius 2 is 1.97 bits per heavy atom. The van der Waals surface area contributed by atoms with E-state index in [-0.39, 0.29) is 19.6 Å². The number of fused-ring (bicyclic) bond motifs is 3. The van der Waals surface area contributed by atoms with E-state index in [4.69, 9.17) is 18.9 Å². The van der Waals surface area contributed by atoms with Gasteiger partial charge in [0.25, 0.3) is 0 Å². The molecular formula is C29H39N3O7. The van der Waals surface area contributed by atoms with E-state index in [1.807, 2.05) is 39.8 Å². The smallest absolute Gasteiger partial charge is 0.407 e. The van der Waals surface area contributed by atoms with Gasteiger partial charge in [0.1, 0.15) is 23.9 Å². The van der Waals surface area contributed by atoms with E-state index >= 15 is 0 Å². The lowest BCUT2D eigenvalue weighted by molar-refractivity contribution is -0.152. The van der Waals surface area contributed by atoms with Crippen molar-refractivity contribution < 1.29 is 33.3 Å². The number of nitrogens with one attached hydrogen (secondary N) is 1. The zero-order valence-electron chi connectivity index (χ0n) is 23.5. The topological polar surface area (TPSA) is 116 Å². The molecule has 4 rings (SSSR count). The molecule has 0 saturated carbocycles. The molecular weight excluding hydrogens is 502 g/mol. The lowest BCUT2D eigenvalue weighted by Crippen LogP contribution is -2.57. The number of alkyl carbamates (subject to hydrolysis) is 1. The molecule has 2 aliphatic rings. The van der Waals surface area contributed by atoms with Crippen molar-refractivity contribution in [1.29, 1.82) is 0 Å². The number of hydrogen-bond donors (Lipinski definition) is 1. The van der Waals surface area contributed by atoms with Crippen LogP contribution in [0.25, 0.3) is 10.8 Å². The summed E-state index contributed by atoms with van der Waals surface area (Å²) >= 11 is 0. The van der Waals surface area contributed by atoms with Crippen LogP contribution in [0.1, 0.15) is 58.9 Å². The largest absolute Gasteiger partial charge is 0.493 e. The fourth-order valence-electron chi connectivity index (χ4n) is 5.19. The third-order valence-electron chi connectivity index (χ3n) is 7.18. The molecule has 0 aliphatic carbocycles. The number of aryl methyl sites for hydroxylation is 1. The SMILES string of the molecule is CCOc1cc2cc3c(nccc13)O[C@@H]1C[C@@H](C(=O)OC)N(C1)C(=O)[C@H](C(C)(C)C)NC(=O)OCCCCC2. The molecule has 0 spiro atoms. The molecule has 3 heterocycles. The van der Waals surface area contributed by atoms with Crippen LogP contribution in [0.2, 0.25) is 0 Å². The highest BCUT2D eigenvalue weighted by molar-refractivity contribution is 5.93. The Labute approximate surface area is 229 Å². The van der Waals surface area contributed by atoms with Crippen molar-refractivity contribution in [3.63, 3.8) is 0 Å². The summed E-state index contributed by atoms with van der Waals surface area (Å²) in [4.78, 5) is 45.2. The lowest BCUT2D eigenvalue weighted by Gasteiger charge is -2.34. The number of rotatable bonds is 3. The Bertz CT molecular complexity index is 1210.